The average molecular weight is 169 g/mol. The van der Waals surface area contributed by atoms with E-state index in [1.807, 2.05) is 6.92 Å². The molecule has 0 saturated heterocycles. The number of hydrogen-bond acceptors (Lipinski definition) is 2. The summed E-state index contributed by atoms with van der Waals surface area (Å²) in [6.07, 6.45) is 5.13. The van der Waals surface area contributed by atoms with Crippen molar-refractivity contribution in [1.82, 2.24) is 5.43 Å². The van der Waals surface area contributed by atoms with E-state index in [2.05, 4.69) is 17.1 Å². The van der Waals surface area contributed by atoms with Crippen molar-refractivity contribution in [2.45, 2.75) is 6.92 Å². The normalized spacial score (nSPS) is 30.2. The molecule has 0 amide bonds. The molecule has 1 rings (SSSR count). The van der Waals surface area contributed by atoms with Crippen LogP contribution in [0.3, 0.4) is 0 Å². The molecule has 1 aliphatic rings. The van der Waals surface area contributed by atoms with Crippen LogP contribution < -0.4 is 5.43 Å². The van der Waals surface area contributed by atoms with Gasteiger partial charge >= 0.3 is 0 Å². The highest BCUT2D eigenvalue weighted by atomic mass is 35.5. The van der Waals surface area contributed by atoms with Gasteiger partial charge in [0.15, 0.2) is 0 Å². The Morgan fingerprint density at radius 3 is 3.09 bits per heavy atom. The van der Waals surface area contributed by atoms with Crippen LogP contribution in [0.2, 0.25) is 0 Å². The van der Waals surface area contributed by atoms with E-state index in [4.69, 9.17) is 11.6 Å². The zero-order valence-electron chi connectivity index (χ0n) is 6.26. The first-order valence-electron chi connectivity index (χ1n) is 3.22. The van der Waals surface area contributed by atoms with Crippen LogP contribution in [0.25, 0.3) is 0 Å². The Kier molecular flexibility index (Phi) is 2.49. The highest BCUT2D eigenvalue weighted by Gasteiger charge is 2.00. The van der Waals surface area contributed by atoms with Crippen molar-refractivity contribution >= 4 is 17.8 Å². The fraction of sp³-hybridized carbons (Fsp3) is 0.125. The van der Waals surface area contributed by atoms with Gasteiger partial charge in [0, 0.05) is 6.20 Å². The van der Waals surface area contributed by atoms with Gasteiger partial charge in [0.2, 0.25) is 0 Å². The molecule has 3 heteroatoms. The van der Waals surface area contributed by atoms with Crippen molar-refractivity contribution in [1.29, 1.82) is 0 Å². The Hall–Kier alpha value is -1.02. The van der Waals surface area contributed by atoms with Gasteiger partial charge in [0.05, 0.1) is 11.2 Å². The fourth-order valence-corrected chi connectivity index (χ4v) is 0.810. The number of hydrazone groups is 1. The second-order valence-corrected chi connectivity index (χ2v) is 2.62. The molecule has 1 N–H and O–H groups in total. The Labute approximate surface area is 70.9 Å². The molecule has 0 aromatic carbocycles. The first-order valence-corrected chi connectivity index (χ1v) is 3.60. The number of allylic oxidation sites excluding steroid dienone is 4. The SMILES string of the molecule is C=C1/C=C\N/N=C\C(C)=C/1Cl. The number of nitrogens with zero attached hydrogens (tertiary/aromatic N) is 1. The first kappa shape index (κ1) is 8.08. The van der Waals surface area contributed by atoms with Crippen molar-refractivity contribution in [3.63, 3.8) is 0 Å². The molecule has 1 aliphatic heterocycles. The van der Waals surface area contributed by atoms with E-state index in [1.54, 1.807) is 18.5 Å². The monoisotopic (exact) mass is 168 g/mol. The van der Waals surface area contributed by atoms with Crippen LogP contribution in [0.4, 0.5) is 0 Å². The summed E-state index contributed by atoms with van der Waals surface area (Å²) in [6.45, 7) is 5.66. The fourth-order valence-electron chi connectivity index (χ4n) is 0.698. The van der Waals surface area contributed by atoms with Gasteiger partial charge < -0.3 is 0 Å². The van der Waals surface area contributed by atoms with E-state index in [1.165, 1.54) is 0 Å². The van der Waals surface area contributed by atoms with Crippen molar-refractivity contribution in [2.75, 3.05) is 0 Å². The number of nitrogens with one attached hydrogen (secondary N) is 1. The summed E-state index contributed by atoms with van der Waals surface area (Å²) in [5.41, 5.74) is 4.41. The van der Waals surface area contributed by atoms with Crippen LogP contribution in [0, 0.1) is 0 Å². The average Bonchev–Trinajstić information content (AvgIpc) is 2.00. The maximum Gasteiger partial charge on any atom is 0.0518 e. The smallest absolute Gasteiger partial charge is 0.0518 e. The van der Waals surface area contributed by atoms with Crippen molar-refractivity contribution in [3.05, 3.63) is 35.0 Å². The molecule has 0 radical (unpaired) electrons. The zero-order chi connectivity index (χ0) is 8.27. The maximum absolute atomic E-state index is 5.90. The van der Waals surface area contributed by atoms with E-state index >= 15 is 0 Å². The van der Waals surface area contributed by atoms with Crippen molar-refractivity contribution < 1.29 is 0 Å². The van der Waals surface area contributed by atoms with Gasteiger partial charge in [-0.3, -0.25) is 5.43 Å². The Morgan fingerprint density at radius 1 is 1.64 bits per heavy atom. The highest BCUT2D eigenvalue weighted by Crippen LogP contribution is 2.18. The maximum atomic E-state index is 5.90. The topological polar surface area (TPSA) is 24.4 Å². The van der Waals surface area contributed by atoms with Gasteiger partial charge in [-0.05, 0) is 24.1 Å². The lowest BCUT2D eigenvalue weighted by molar-refractivity contribution is 0.971. The van der Waals surface area contributed by atoms with E-state index < -0.39 is 0 Å². The van der Waals surface area contributed by atoms with E-state index in [9.17, 15) is 0 Å². The van der Waals surface area contributed by atoms with Gasteiger partial charge in [-0.1, -0.05) is 18.2 Å². The zero-order valence-corrected chi connectivity index (χ0v) is 7.02. The molecule has 2 nitrogen and oxygen atoms in total. The minimum Gasteiger partial charge on any atom is -0.286 e. The molecule has 0 aliphatic carbocycles. The molecule has 0 aromatic heterocycles. The molecule has 0 saturated carbocycles. The van der Waals surface area contributed by atoms with Crippen LogP contribution in [-0.4, -0.2) is 6.21 Å². The Bertz CT molecular complexity index is 261. The van der Waals surface area contributed by atoms with Gasteiger partial charge in [-0.2, -0.15) is 5.10 Å². The van der Waals surface area contributed by atoms with Crippen molar-refractivity contribution in [3.8, 4) is 0 Å². The minimum atomic E-state index is 0.659. The molecule has 0 aromatic rings. The number of hydrogen-bond donors (Lipinski definition) is 1. The lowest BCUT2D eigenvalue weighted by Gasteiger charge is -2.03. The van der Waals surface area contributed by atoms with Crippen LogP contribution in [0.5, 0.6) is 0 Å². The molecule has 0 unspecified atom stereocenters. The van der Waals surface area contributed by atoms with Gasteiger partial charge in [0.25, 0.3) is 0 Å². The predicted molar refractivity (Wildman–Crippen MR) is 48.5 cm³/mol. The molecule has 0 spiro atoms. The summed E-state index contributed by atoms with van der Waals surface area (Å²) in [7, 11) is 0. The first-order chi connectivity index (χ1) is 5.22. The summed E-state index contributed by atoms with van der Waals surface area (Å²) in [4.78, 5) is 0. The lowest BCUT2D eigenvalue weighted by Crippen LogP contribution is -1.98. The van der Waals surface area contributed by atoms with E-state index in [0.29, 0.717) is 5.03 Å². The predicted octanol–water partition coefficient (Wildman–Crippen LogP) is 2.16. The van der Waals surface area contributed by atoms with Crippen LogP contribution in [-0.2, 0) is 0 Å². The lowest BCUT2D eigenvalue weighted by atomic mass is 10.2. The quantitative estimate of drug-likeness (QED) is 0.589. The number of halogens is 1. The summed E-state index contributed by atoms with van der Waals surface area (Å²) >= 11 is 5.90. The Morgan fingerprint density at radius 2 is 2.36 bits per heavy atom. The molecule has 11 heavy (non-hydrogen) atoms. The second-order valence-electron chi connectivity index (χ2n) is 2.24. The van der Waals surface area contributed by atoms with Crippen LogP contribution in [0.1, 0.15) is 6.92 Å². The third kappa shape index (κ3) is 1.95. The van der Waals surface area contributed by atoms with Gasteiger partial charge in [-0.15, -0.1) is 0 Å². The molecule has 0 bridgehead atoms. The summed E-state index contributed by atoms with van der Waals surface area (Å²) in [5, 5.41) is 4.51. The third-order valence-electron chi connectivity index (χ3n) is 1.32. The van der Waals surface area contributed by atoms with Crippen LogP contribution >= 0.6 is 11.6 Å². The van der Waals surface area contributed by atoms with E-state index in [0.717, 1.165) is 11.1 Å². The van der Waals surface area contributed by atoms with Gasteiger partial charge in [0.1, 0.15) is 0 Å². The number of rotatable bonds is 0. The van der Waals surface area contributed by atoms with Crippen LogP contribution in [0.15, 0.2) is 40.1 Å². The summed E-state index contributed by atoms with van der Waals surface area (Å²) in [6, 6.07) is 0. The van der Waals surface area contributed by atoms with E-state index in [-0.39, 0.29) is 0 Å². The largest absolute Gasteiger partial charge is 0.286 e. The van der Waals surface area contributed by atoms with Crippen molar-refractivity contribution in [2.24, 2.45) is 5.10 Å². The highest BCUT2D eigenvalue weighted by molar-refractivity contribution is 6.33. The molecular formula is C8H9ClN2. The Balaban J connectivity index is 3.03. The molecule has 0 atom stereocenters. The minimum absolute atomic E-state index is 0.659. The molecule has 58 valence electrons. The van der Waals surface area contributed by atoms with Gasteiger partial charge in [-0.25, -0.2) is 0 Å². The molecule has 1 heterocycles. The molecule has 0 fully saturated rings. The standard InChI is InChI=1S/C8H9ClN2/c1-6-3-4-10-11-5-7(2)8(6)9/h3-5,10H,1H2,2H3/b4-3-,8-7+,11-5-. The third-order valence-corrected chi connectivity index (χ3v) is 1.86. The second kappa shape index (κ2) is 3.39. The summed E-state index contributed by atoms with van der Waals surface area (Å²) < 4.78 is 0. The molecular weight excluding hydrogens is 160 g/mol. The summed E-state index contributed by atoms with van der Waals surface area (Å²) in [5.74, 6) is 0.